The summed E-state index contributed by atoms with van der Waals surface area (Å²) in [6.45, 7) is 0.746. The molecule has 0 radical (unpaired) electrons. The molecule has 0 aromatic carbocycles. The van der Waals surface area contributed by atoms with E-state index in [1.807, 2.05) is 0 Å². The second-order valence-corrected chi connectivity index (χ2v) is 4.18. The topological polar surface area (TPSA) is 74.4 Å². The van der Waals surface area contributed by atoms with Gasteiger partial charge in [-0.3, -0.25) is 4.79 Å². The number of alkyl halides is 6. The van der Waals surface area contributed by atoms with Gasteiger partial charge in [-0.1, -0.05) is 0 Å². The van der Waals surface area contributed by atoms with E-state index in [1.54, 1.807) is 0 Å². The van der Waals surface area contributed by atoms with Crippen LogP contribution in [0.4, 0.5) is 26.3 Å². The third-order valence-electron chi connectivity index (χ3n) is 2.53. The number of hydrogen-bond acceptors (Lipinski definition) is 5. The summed E-state index contributed by atoms with van der Waals surface area (Å²) in [4.78, 5) is 14.2. The average Bonchev–Trinajstić information content (AvgIpc) is 2.35. The van der Waals surface area contributed by atoms with E-state index in [1.165, 1.54) is 6.92 Å². The number of nitrogens with two attached hydrogens (primary N) is 1. The van der Waals surface area contributed by atoms with Crippen molar-refractivity contribution in [3.63, 3.8) is 0 Å². The van der Waals surface area contributed by atoms with Crippen LogP contribution in [-0.4, -0.2) is 23.9 Å². The molecule has 0 amide bonds. The van der Waals surface area contributed by atoms with Crippen molar-refractivity contribution in [1.29, 1.82) is 0 Å². The molecule has 0 spiro atoms. The minimum absolute atomic E-state index is 0.0418. The summed E-state index contributed by atoms with van der Waals surface area (Å²) in [6.07, 6.45) is -11.0. The number of rotatable bonds is 5. The van der Waals surface area contributed by atoms with Gasteiger partial charge in [0, 0.05) is 18.2 Å². The molecule has 11 heteroatoms. The molecule has 0 bridgehead atoms. The van der Waals surface area contributed by atoms with Gasteiger partial charge in [0.2, 0.25) is 5.88 Å². The smallest absolute Gasteiger partial charge is 0.466 e. The lowest BCUT2D eigenvalue weighted by Gasteiger charge is -2.17. The lowest BCUT2D eigenvalue weighted by molar-refractivity contribution is -0.276. The van der Waals surface area contributed by atoms with Gasteiger partial charge in [0.25, 0.3) is 0 Å². The van der Waals surface area contributed by atoms with E-state index in [0.717, 1.165) is 0 Å². The number of esters is 1. The minimum atomic E-state index is -5.23. The van der Waals surface area contributed by atoms with E-state index in [0.29, 0.717) is 6.07 Å². The lowest BCUT2D eigenvalue weighted by atomic mass is 10.0. The van der Waals surface area contributed by atoms with Crippen LogP contribution in [-0.2, 0) is 28.7 Å². The molecule has 1 heterocycles. The third kappa shape index (κ3) is 5.58. The fourth-order valence-electron chi connectivity index (χ4n) is 1.76. The first-order chi connectivity index (χ1) is 10.5. The van der Waals surface area contributed by atoms with Crippen molar-refractivity contribution in [1.82, 2.24) is 4.98 Å². The van der Waals surface area contributed by atoms with Crippen molar-refractivity contribution in [2.45, 2.75) is 32.4 Å². The molecule has 0 aliphatic carbocycles. The summed E-state index contributed by atoms with van der Waals surface area (Å²) in [7, 11) is 0. The molecule has 0 fully saturated rings. The Balaban J connectivity index is 3.39. The van der Waals surface area contributed by atoms with Crippen LogP contribution in [0.1, 0.15) is 23.7 Å². The summed E-state index contributed by atoms with van der Waals surface area (Å²) in [5.74, 6) is -2.25. The Labute approximate surface area is 126 Å². The summed E-state index contributed by atoms with van der Waals surface area (Å²) in [5.41, 5.74) is 2.59. The van der Waals surface area contributed by atoms with Crippen molar-refractivity contribution in [2.75, 3.05) is 6.61 Å². The van der Waals surface area contributed by atoms with E-state index in [-0.39, 0.29) is 6.61 Å². The van der Waals surface area contributed by atoms with Gasteiger partial charge in [0.1, 0.15) is 0 Å². The van der Waals surface area contributed by atoms with E-state index >= 15 is 0 Å². The van der Waals surface area contributed by atoms with Crippen LogP contribution in [0, 0.1) is 0 Å². The molecule has 1 aromatic heterocycles. The molecule has 130 valence electrons. The van der Waals surface area contributed by atoms with Crippen molar-refractivity contribution in [3.05, 3.63) is 22.9 Å². The Hall–Kier alpha value is -2.04. The summed E-state index contributed by atoms with van der Waals surface area (Å²) < 4.78 is 83.4. The molecule has 0 unspecified atom stereocenters. The van der Waals surface area contributed by atoms with Crippen LogP contribution in [0.25, 0.3) is 0 Å². The number of carbonyl (C=O) groups excluding carboxylic acids is 1. The molecule has 23 heavy (non-hydrogen) atoms. The molecule has 5 nitrogen and oxygen atoms in total. The predicted octanol–water partition coefficient (Wildman–Crippen LogP) is 2.56. The van der Waals surface area contributed by atoms with Crippen molar-refractivity contribution in [3.8, 4) is 5.88 Å². The fourth-order valence-corrected chi connectivity index (χ4v) is 1.76. The van der Waals surface area contributed by atoms with Gasteiger partial charge in [-0.2, -0.15) is 13.2 Å². The number of halogens is 6. The van der Waals surface area contributed by atoms with Gasteiger partial charge < -0.3 is 15.2 Å². The summed E-state index contributed by atoms with van der Waals surface area (Å²) in [5, 5.41) is 0. The molecule has 0 saturated heterocycles. The maximum Gasteiger partial charge on any atom is 0.574 e. The summed E-state index contributed by atoms with van der Waals surface area (Å²) in [6, 6.07) is 0.585. The number of hydrogen-bond donors (Lipinski definition) is 1. The van der Waals surface area contributed by atoms with Gasteiger partial charge in [-0.05, 0) is 12.5 Å². The van der Waals surface area contributed by atoms with Crippen LogP contribution in [0.3, 0.4) is 0 Å². The minimum Gasteiger partial charge on any atom is -0.466 e. The summed E-state index contributed by atoms with van der Waals surface area (Å²) >= 11 is 0. The highest BCUT2D eigenvalue weighted by Crippen LogP contribution is 2.35. The molecule has 0 atom stereocenters. The first kappa shape index (κ1) is 19.0. The Morgan fingerprint density at radius 1 is 1.26 bits per heavy atom. The normalized spacial score (nSPS) is 12.2. The van der Waals surface area contributed by atoms with Crippen LogP contribution in [0.5, 0.6) is 5.88 Å². The van der Waals surface area contributed by atoms with Crippen molar-refractivity contribution in [2.24, 2.45) is 5.73 Å². The predicted molar refractivity (Wildman–Crippen MR) is 64.2 cm³/mol. The molecule has 0 aliphatic heterocycles. The van der Waals surface area contributed by atoms with Gasteiger partial charge >= 0.3 is 18.5 Å². The molecular weight excluding hydrogens is 334 g/mol. The number of carbonyl (C=O) groups is 1. The second kappa shape index (κ2) is 7.02. The number of aromatic nitrogens is 1. The van der Waals surface area contributed by atoms with Gasteiger partial charge in [-0.15, -0.1) is 13.2 Å². The van der Waals surface area contributed by atoms with Gasteiger partial charge in [-0.25, -0.2) is 4.98 Å². The van der Waals surface area contributed by atoms with Gasteiger partial charge in [0.15, 0.2) is 5.69 Å². The highest BCUT2D eigenvalue weighted by atomic mass is 19.4. The zero-order valence-corrected chi connectivity index (χ0v) is 11.7. The maximum atomic E-state index is 12.9. The Kier molecular flexibility index (Phi) is 5.81. The third-order valence-corrected chi connectivity index (χ3v) is 2.53. The van der Waals surface area contributed by atoms with E-state index in [4.69, 9.17) is 5.73 Å². The molecule has 2 N–H and O–H groups in total. The van der Waals surface area contributed by atoms with Crippen molar-refractivity contribution < 1.29 is 40.6 Å². The monoisotopic (exact) mass is 346 g/mol. The second-order valence-electron chi connectivity index (χ2n) is 4.18. The number of ether oxygens (including phenoxy) is 2. The molecule has 1 rings (SSSR count). The quantitative estimate of drug-likeness (QED) is 0.655. The van der Waals surface area contributed by atoms with Gasteiger partial charge in [0.05, 0.1) is 13.0 Å². The van der Waals surface area contributed by atoms with E-state index in [2.05, 4.69) is 14.5 Å². The Morgan fingerprint density at radius 2 is 1.87 bits per heavy atom. The zero-order valence-electron chi connectivity index (χ0n) is 11.7. The van der Waals surface area contributed by atoms with Crippen LogP contribution in [0.15, 0.2) is 6.07 Å². The lowest BCUT2D eigenvalue weighted by Crippen LogP contribution is -2.23. The number of pyridine rings is 1. The Bertz CT molecular complexity index is 571. The van der Waals surface area contributed by atoms with Crippen LogP contribution in [0.2, 0.25) is 0 Å². The molecule has 0 aliphatic rings. The highest BCUT2D eigenvalue weighted by molar-refractivity contribution is 5.73. The first-order valence-corrected chi connectivity index (χ1v) is 6.19. The SMILES string of the molecule is CCOC(=O)Cc1cc(OC(F)(F)F)nc(C(F)(F)F)c1CN. The average molecular weight is 346 g/mol. The number of nitrogens with zero attached hydrogens (tertiary/aromatic N) is 1. The Morgan fingerprint density at radius 3 is 2.30 bits per heavy atom. The molecule has 0 saturated carbocycles. The standard InChI is InChI=1S/C12H12F6N2O3/c1-2-22-9(21)4-6-3-8(23-12(16,17)18)20-10(7(6)5-19)11(13,14)15/h3H,2,4-5,19H2,1H3. The van der Waals surface area contributed by atoms with Crippen molar-refractivity contribution >= 4 is 5.97 Å². The van der Waals surface area contributed by atoms with Crippen LogP contribution >= 0.6 is 0 Å². The van der Waals surface area contributed by atoms with E-state index < -0.39 is 54.2 Å². The van der Waals surface area contributed by atoms with Crippen LogP contribution < -0.4 is 10.5 Å². The zero-order chi connectivity index (χ0) is 17.8. The largest absolute Gasteiger partial charge is 0.574 e. The highest BCUT2D eigenvalue weighted by Gasteiger charge is 2.39. The fraction of sp³-hybridized carbons (Fsp3) is 0.500. The van der Waals surface area contributed by atoms with E-state index in [9.17, 15) is 31.1 Å². The maximum absolute atomic E-state index is 12.9. The molecule has 1 aromatic rings. The molecular formula is C12H12F6N2O3. The first-order valence-electron chi connectivity index (χ1n) is 6.19.